The van der Waals surface area contributed by atoms with Gasteiger partial charge in [-0.1, -0.05) is 18.2 Å². The van der Waals surface area contributed by atoms with Gasteiger partial charge in [0.05, 0.1) is 5.56 Å². The number of hydrogen-bond acceptors (Lipinski definition) is 5. The van der Waals surface area contributed by atoms with Gasteiger partial charge in [0.2, 0.25) is 5.89 Å². The minimum atomic E-state index is -4.39. The Balaban J connectivity index is 1.71. The van der Waals surface area contributed by atoms with Crippen molar-refractivity contribution in [1.82, 2.24) is 10.5 Å². The molecule has 0 aliphatic rings. The quantitative estimate of drug-likeness (QED) is 0.290. The zero-order chi connectivity index (χ0) is 21.7. The van der Waals surface area contributed by atoms with Crippen LogP contribution in [0.1, 0.15) is 22.6 Å². The maximum absolute atomic E-state index is 12.7. The monoisotopic (exact) mass is 530 g/mol. The molecule has 0 radical (unpaired) electrons. The SMILES string of the molecule is Cc1oc(-c2ccc(C(F)(F)F)cc2)nc1COc1cccc(/C(I)=C/CNO)c1. The molecule has 30 heavy (non-hydrogen) atoms. The van der Waals surface area contributed by atoms with Crippen molar-refractivity contribution >= 4 is 26.2 Å². The summed E-state index contributed by atoms with van der Waals surface area (Å²) in [6, 6.07) is 12.1. The summed E-state index contributed by atoms with van der Waals surface area (Å²) < 4.78 is 50.5. The fourth-order valence-electron chi connectivity index (χ4n) is 2.63. The summed E-state index contributed by atoms with van der Waals surface area (Å²) in [5.41, 5.74) is 3.30. The number of aryl methyl sites for hydroxylation is 1. The van der Waals surface area contributed by atoms with Gasteiger partial charge in [-0.15, -0.1) is 0 Å². The van der Waals surface area contributed by atoms with E-state index in [2.05, 4.69) is 33.1 Å². The largest absolute Gasteiger partial charge is 0.487 e. The molecule has 0 spiro atoms. The van der Waals surface area contributed by atoms with Gasteiger partial charge >= 0.3 is 6.18 Å². The highest BCUT2D eigenvalue weighted by molar-refractivity contribution is 14.1. The summed E-state index contributed by atoms with van der Waals surface area (Å²) in [5.74, 6) is 1.40. The molecule has 3 rings (SSSR count). The Morgan fingerprint density at radius 3 is 2.63 bits per heavy atom. The highest BCUT2D eigenvalue weighted by Gasteiger charge is 2.30. The lowest BCUT2D eigenvalue weighted by atomic mass is 10.1. The van der Waals surface area contributed by atoms with Crippen molar-refractivity contribution in [2.45, 2.75) is 19.7 Å². The number of hydrogen-bond donors (Lipinski definition) is 2. The summed E-state index contributed by atoms with van der Waals surface area (Å²) >= 11 is 2.17. The van der Waals surface area contributed by atoms with Crippen molar-refractivity contribution in [3.05, 3.63) is 77.2 Å². The first kappa shape index (κ1) is 22.3. The zero-order valence-electron chi connectivity index (χ0n) is 15.8. The highest BCUT2D eigenvalue weighted by atomic mass is 127. The zero-order valence-corrected chi connectivity index (χ0v) is 18.0. The standard InChI is InChI=1S/C21H18F3IN2O3/c1-13-19(12-29-17-4-2-3-15(11-17)18(25)9-10-26-28)27-20(30-13)14-5-7-16(8-6-14)21(22,23)24/h2-9,11,26,28H,10,12H2,1H3/b18-9-. The predicted octanol–water partition coefficient (Wildman–Crippen LogP) is 6.00. The summed E-state index contributed by atoms with van der Waals surface area (Å²) in [6.07, 6.45) is -2.56. The van der Waals surface area contributed by atoms with E-state index >= 15 is 0 Å². The lowest BCUT2D eigenvalue weighted by Gasteiger charge is -2.07. The molecule has 2 aromatic carbocycles. The minimum Gasteiger partial charge on any atom is -0.487 e. The molecule has 0 saturated carbocycles. The first-order valence-electron chi connectivity index (χ1n) is 8.87. The van der Waals surface area contributed by atoms with Gasteiger partial charge in [0.25, 0.3) is 0 Å². The van der Waals surface area contributed by atoms with Crippen molar-refractivity contribution < 1.29 is 27.5 Å². The van der Waals surface area contributed by atoms with E-state index in [0.717, 1.165) is 21.3 Å². The summed E-state index contributed by atoms with van der Waals surface area (Å²) in [6.45, 7) is 2.20. The molecule has 2 N–H and O–H groups in total. The first-order chi connectivity index (χ1) is 14.3. The summed E-state index contributed by atoms with van der Waals surface area (Å²) in [7, 11) is 0. The van der Waals surface area contributed by atoms with Crippen molar-refractivity contribution in [3.63, 3.8) is 0 Å². The molecule has 3 aromatic rings. The van der Waals surface area contributed by atoms with Crippen LogP contribution in [0.25, 0.3) is 15.0 Å². The molecular weight excluding hydrogens is 512 g/mol. The lowest BCUT2D eigenvalue weighted by Crippen LogP contribution is -2.05. The van der Waals surface area contributed by atoms with Gasteiger partial charge in [0.15, 0.2) is 0 Å². The molecule has 0 bridgehead atoms. The molecule has 0 aliphatic carbocycles. The van der Waals surface area contributed by atoms with Crippen molar-refractivity contribution in [2.75, 3.05) is 6.54 Å². The molecule has 9 heteroatoms. The van der Waals surface area contributed by atoms with E-state index in [9.17, 15) is 13.2 Å². The number of ether oxygens (including phenoxy) is 1. The summed E-state index contributed by atoms with van der Waals surface area (Å²) in [4.78, 5) is 4.36. The van der Waals surface area contributed by atoms with E-state index in [4.69, 9.17) is 14.4 Å². The number of hydroxylamine groups is 1. The topological polar surface area (TPSA) is 67.5 Å². The second-order valence-electron chi connectivity index (χ2n) is 6.33. The van der Waals surface area contributed by atoms with Crippen molar-refractivity contribution in [3.8, 4) is 17.2 Å². The Labute approximate surface area is 184 Å². The van der Waals surface area contributed by atoms with Gasteiger partial charge in [-0.05, 0) is 71.5 Å². The molecule has 0 unspecified atom stereocenters. The Morgan fingerprint density at radius 1 is 1.23 bits per heavy atom. The number of oxazole rings is 1. The predicted molar refractivity (Wildman–Crippen MR) is 114 cm³/mol. The van der Waals surface area contributed by atoms with Crippen LogP contribution in [-0.2, 0) is 12.8 Å². The average molecular weight is 530 g/mol. The van der Waals surface area contributed by atoms with Gasteiger partial charge in [-0.25, -0.2) is 10.5 Å². The normalized spacial score (nSPS) is 12.3. The van der Waals surface area contributed by atoms with Crippen LogP contribution < -0.4 is 10.2 Å². The smallest absolute Gasteiger partial charge is 0.416 e. The van der Waals surface area contributed by atoms with Crippen LogP contribution in [-0.4, -0.2) is 16.7 Å². The van der Waals surface area contributed by atoms with Gasteiger partial charge in [-0.3, -0.25) is 0 Å². The molecule has 158 valence electrons. The van der Waals surface area contributed by atoms with Gasteiger partial charge in [0, 0.05) is 15.7 Å². The molecular formula is C21H18F3IN2O3. The Hall–Kier alpha value is -2.37. The number of nitrogens with one attached hydrogen (secondary N) is 1. The number of alkyl halides is 3. The van der Waals surface area contributed by atoms with E-state index in [-0.39, 0.29) is 12.5 Å². The Bertz CT molecular complexity index is 1030. The van der Waals surface area contributed by atoms with Crippen LogP contribution in [0.15, 0.2) is 59.0 Å². The van der Waals surface area contributed by atoms with Gasteiger partial charge in [-0.2, -0.15) is 13.2 Å². The maximum atomic E-state index is 12.7. The van der Waals surface area contributed by atoms with Crippen LogP contribution in [0.5, 0.6) is 5.75 Å². The third kappa shape index (κ3) is 5.61. The van der Waals surface area contributed by atoms with Crippen LogP contribution in [0, 0.1) is 6.92 Å². The van der Waals surface area contributed by atoms with E-state index < -0.39 is 11.7 Å². The second-order valence-corrected chi connectivity index (χ2v) is 7.49. The van der Waals surface area contributed by atoms with E-state index in [1.54, 1.807) is 6.92 Å². The third-order valence-electron chi connectivity index (χ3n) is 4.21. The third-order valence-corrected chi connectivity index (χ3v) is 5.27. The lowest BCUT2D eigenvalue weighted by molar-refractivity contribution is -0.137. The molecule has 1 heterocycles. The highest BCUT2D eigenvalue weighted by Crippen LogP contribution is 2.31. The number of nitrogens with zero attached hydrogens (tertiary/aromatic N) is 1. The van der Waals surface area contributed by atoms with E-state index in [1.165, 1.54) is 12.1 Å². The van der Waals surface area contributed by atoms with Crippen LogP contribution >= 0.6 is 22.6 Å². The molecule has 0 amide bonds. The maximum Gasteiger partial charge on any atom is 0.416 e. The number of aromatic nitrogens is 1. The molecule has 1 aromatic heterocycles. The van der Waals surface area contributed by atoms with Gasteiger partial charge in [0.1, 0.15) is 23.8 Å². The van der Waals surface area contributed by atoms with E-state index in [0.29, 0.717) is 29.3 Å². The second kappa shape index (κ2) is 9.63. The molecule has 0 atom stereocenters. The molecule has 0 aliphatic heterocycles. The number of halogens is 4. The van der Waals surface area contributed by atoms with Crippen LogP contribution in [0.3, 0.4) is 0 Å². The molecule has 0 saturated heterocycles. The van der Waals surface area contributed by atoms with Crippen molar-refractivity contribution in [2.24, 2.45) is 0 Å². The van der Waals surface area contributed by atoms with Gasteiger partial charge < -0.3 is 14.4 Å². The fraction of sp³-hybridized carbons (Fsp3) is 0.190. The Kier molecular flexibility index (Phi) is 7.16. The fourth-order valence-corrected chi connectivity index (χ4v) is 3.18. The summed E-state index contributed by atoms with van der Waals surface area (Å²) in [5, 5.41) is 8.70. The average Bonchev–Trinajstić information content (AvgIpc) is 3.10. The number of benzene rings is 2. The van der Waals surface area contributed by atoms with Crippen LogP contribution in [0.2, 0.25) is 0 Å². The first-order valence-corrected chi connectivity index (χ1v) is 9.95. The van der Waals surface area contributed by atoms with Crippen LogP contribution in [0.4, 0.5) is 13.2 Å². The van der Waals surface area contributed by atoms with E-state index in [1.807, 2.05) is 30.3 Å². The minimum absolute atomic E-state index is 0.151. The Morgan fingerprint density at radius 2 is 1.97 bits per heavy atom. The molecule has 5 nitrogen and oxygen atoms in total. The number of rotatable bonds is 7. The van der Waals surface area contributed by atoms with Crippen molar-refractivity contribution in [1.29, 1.82) is 0 Å². The molecule has 0 fully saturated rings.